The molecular weight excluding hydrogens is 235 g/mol. The summed E-state index contributed by atoms with van der Waals surface area (Å²) in [5, 5.41) is 18.3. The number of hydrogen-bond donors (Lipinski definition) is 1. The second kappa shape index (κ2) is 10.0. The maximum atomic E-state index is 10.0. The summed E-state index contributed by atoms with van der Waals surface area (Å²) in [6.07, 6.45) is -0.269. The molecule has 0 unspecified atom stereocenters. The Morgan fingerprint density at radius 1 is 1.29 bits per heavy atom. The van der Waals surface area contributed by atoms with E-state index in [9.17, 15) is 14.7 Å². The van der Waals surface area contributed by atoms with Crippen molar-refractivity contribution in [3.05, 3.63) is 0 Å². The Labute approximate surface area is 129 Å². The summed E-state index contributed by atoms with van der Waals surface area (Å²) in [7, 11) is 0. The van der Waals surface area contributed by atoms with Crippen molar-refractivity contribution in [3.63, 3.8) is 0 Å². The SMILES string of the molecule is O=C([O-])CCC(=S)OCCC(=O)O.[K+]. The average Bonchev–Trinajstić information content (AvgIpc) is 2.00. The van der Waals surface area contributed by atoms with Gasteiger partial charge in [-0.25, -0.2) is 0 Å². The standard InChI is InChI=1S/C7H10O5S.K/c8-5(9)1-2-7(13)12-4-3-6(10)11;/h1-4H2,(H,8,9)(H,10,11);/q;+1/p-1. The third kappa shape index (κ3) is 12.5. The predicted octanol–water partition coefficient (Wildman–Crippen LogP) is -3.66. The number of hydrogen-bond acceptors (Lipinski definition) is 5. The van der Waals surface area contributed by atoms with Gasteiger partial charge in [0.2, 0.25) is 0 Å². The van der Waals surface area contributed by atoms with Crippen LogP contribution in [0.25, 0.3) is 0 Å². The van der Waals surface area contributed by atoms with Gasteiger partial charge in [0.25, 0.3) is 0 Å². The minimum absolute atomic E-state index is 0. The molecule has 0 rings (SSSR count). The zero-order chi connectivity index (χ0) is 10.3. The van der Waals surface area contributed by atoms with E-state index in [-0.39, 0.29) is 82.3 Å². The van der Waals surface area contributed by atoms with Gasteiger partial charge in [0.15, 0.2) is 5.05 Å². The van der Waals surface area contributed by atoms with E-state index in [0.717, 1.165) is 0 Å². The molecule has 1 N–H and O–H groups in total. The first-order valence-corrected chi connectivity index (χ1v) is 4.00. The molecule has 74 valence electrons. The van der Waals surface area contributed by atoms with Crippen LogP contribution in [-0.2, 0) is 14.3 Å². The van der Waals surface area contributed by atoms with E-state index in [1.54, 1.807) is 0 Å². The second-order valence-corrected chi connectivity index (χ2v) is 2.69. The molecule has 0 radical (unpaired) electrons. The van der Waals surface area contributed by atoms with Crippen LogP contribution in [0.4, 0.5) is 0 Å². The molecule has 0 saturated heterocycles. The van der Waals surface area contributed by atoms with Crippen molar-refractivity contribution in [1.29, 1.82) is 0 Å². The molecule has 0 aromatic carbocycles. The Kier molecular flexibility index (Phi) is 12.1. The van der Waals surface area contributed by atoms with Gasteiger partial charge in [-0.1, -0.05) is 0 Å². The Hall–Kier alpha value is 0.466. The summed E-state index contributed by atoms with van der Waals surface area (Å²) in [4.78, 5) is 20.0. The van der Waals surface area contributed by atoms with Crippen molar-refractivity contribution in [2.75, 3.05) is 6.61 Å². The first-order chi connectivity index (χ1) is 6.02. The van der Waals surface area contributed by atoms with Crippen molar-refractivity contribution in [2.45, 2.75) is 19.3 Å². The number of aliphatic carboxylic acids is 2. The summed E-state index contributed by atoms with van der Waals surface area (Å²) >= 11 is 4.62. The van der Waals surface area contributed by atoms with Crippen LogP contribution in [0, 0.1) is 0 Å². The third-order valence-corrected chi connectivity index (χ3v) is 1.43. The van der Waals surface area contributed by atoms with Gasteiger partial charge in [0.1, 0.15) is 0 Å². The van der Waals surface area contributed by atoms with Crippen LogP contribution in [-0.4, -0.2) is 28.7 Å². The van der Waals surface area contributed by atoms with Crippen LogP contribution in [0.3, 0.4) is 0 Å². The summed E-state index contributed by atoms with van der Waals surface area (Å²) in [6.45, 7) is -0.0266. The van der Waals surface area contributed by atoms with E-state index >= 15 is 0 Å². The van der Waals surface area contributed by atoms with E-state index in [4.69, 9.17) is 9.84 Å². The van der Waals surface area contributed by atoms with Crippen LogP contribution in [0.2, 0.25) is 0 Å². The van der Waals surface area contributed by atoms with Gasteiger partial charge in [0.05, 0.1) is 13.0 Å². The molecular formula is C7H9KO5S. The molecule has 0 aromatic heterocycles. The van der Waals surface area contributed by atoms with Crippen molar-refractivity contribution in [3.8, 4) is 0 Å². The maximum Gasteiger partial charge on any atom is 1.00 e. The normalized spacial score (nSPS) is 8.57. The summed E-state index contributed by atoms with van der Waals surface area (Å²) in [6, 6.07) is 0. The largest absolute Gasteiger partial charge is 1.00 e. The fraction of sp³-hybridized carbons (Fsp3) is 0.571. The van der Waals surface area contributed by atoms with Gasteiger partial charge in [-0.05, 0) is 18.6 Å². The molecule has 0 heterocycles. The molecule has 0 atom stereocenters. The number of carboxylic acid groups (broad SMARTS) is 2. The minimum Gasteiger partial charge on any atom is -0.550 e. The average molecular weight is 244 g/mol. The molecule has 14 heavy (non-hydrogen) atoms. The van der Waals surface area contributed by atoms with Crippen LogP contribution >= 0.6 is 12.2 Å². The Bertz CT molecular complexity index is 218. The van der Waals surface area contributed by atoms with E-state index in [1.165, 1.54) is 0 Å². The third-order valence-electron chi connectivity index (χ3n) is 1.11. The molecule has 0 saturated carbocycles. The van der Waals surface area contributed by atoms with Crippen molar-refractivity contribution < 1.29 is 75.9 Å². The second-order valence-electron chi connectivity index (χ2n) is 2.24. The van der Waals surface area contributed by atoms with Crippen LogP contribution in [0.5, 0.6) is 0 Å². The molecule has 0 fully saturated rings. The van der Waals surface area contributed by atoms with Gasteiger partial charge < -0.3 is 19.7 Å². The topological polar surface area (TPSA) is 86.7 Å². The molecule has 0 amide bonds. The Morgan fingerprint density at radius 3 is 2.29 bits per heavy atom. The number of carboxylic acids is 2. The van der Waals surface area contributed by atoms with E-state index in [2.05, 4.69) is 12.2 Å². The predicted molar refractivity (Wildman–Crippen MR) is 45.0 cm³/mol. The zero-order valence-electron chi connectivity index (χ0n) is 7.82. The molecule has 7 heteroatoms. The molecule has 0 aliphatic heterocycles. The van der Waals surface area contributed by atoms with Crippen LogP contribution < -0.4 is 56.5 Å². The number of carbonyl (C=O) groups is 2. The minimum atomic E-state index is -1.20. The monoisotopic (exact) mass is 244 g/mol. The van der Waals surface area contributed by atoms with Crippen LogP contribution in [0.15, 0.2) is 0 Å². The van der Waals surface area contributed by atoms with Gasteiger partial charge >= 0.3 is 57.4 Å². The van der Waals surface area contributed by atoms with E-state index in [1.807, 2.05) is 0 Å². The fourth-order valence-electron chi connectivity index (χ4n) is 0.528. The molecule has 0 aliphatic carbocycles. The molecule has 0 spiro atoms. The number of ether oxygens (including phenoxy) is 1. The quantitative estimate of drug-likeness (QED) is 0.383. The van der Waals surface area contributed by atoms with Gasteiger partial charge in [-0.2, -0.15) is 0 Å². The molecule has 5 nitrogen and oxygen atoms in total. The van der Waals surface area contributed by atoms with Crippen LogP contribution in [0.1, 0.15) is 19.3 Å². The molecule has 0 aromatic rings. The zero-order valence-corrected chi connectivity index (χ0v) is 11.8. The summed E-state index contributed by atoms with van der Waals surface area (Å²) in [5.41, 5.74) is 0. The van der Waals surface area contributed by atoms with E-state index < -0.39 is 11.9 Å². The maximum absolute atomic E-state index is 10.0. The first kappa shape index (κ1) is 16.9. The van der Waals surface area contributed by atoms with Gasteiger partial charge in [-0.3, -0.25) is 4.79 Å². The first-order valence-electron chi connectivity index (χ1n) is 3.59. The van der Waals surface area contributed by atoms with Crippen molar-refractivity contribution >= 4 is 29.2 Å². The number of carbonyl (C=O) groups excluding carboxylic acids is 1. The number of thiocarbonyl (C=S) groups is 1. The summed E-state index contributed by atoms with van der Waals surface area (Å²) in [5.74, 6) is -2.19. The van der Waals surface area contributed by atoms with E-state index in [0.29, 0.717) is 0 Å². The summed E-state index contributed by atoms with van der Waals surface area (Å²) < 4.78 is 4.76. The Morgan fingerprint density at radius 2 is 1.86 bits per heavy atom. The molecule has 0 bridgehead atoms. The Balaban J connectivity index is 0. The van der Waals surface area contributed by atoms with Crippen molar-refractivity contribution in [2.24, 2.45) is 0 Å². The van der Waals surface area contributed by atoms with Crippen molar-refractivity contribution in [1.82, 2.24) is 0 Å². The fourth-order valence-corrected chi connectivity index (χ4v) is 0.714. The smallest absolute Gasteiger partial charge is 0.550 e. The number of rotatable bonds is 6. The van der Waals surface area contributed by atoms with Gasteiger partial charge in [0, 0.05) is 12.4 Å². The molecule has 0 aliphatic rings. The van der Waals surface area contributed by atoms with Gasteiger partial charge in [-0.15, -0.1) is 0 Å².